The zero-order valence-electron chi connectivity index (χ0n) is 15.7. The van der Waals surface area contributed by atoms with Gasteiger partial charge in [-0.05, 0) is 37.6 Å². The second-order valence-corrected chi connectivity index (χ2v) is 7.27. The van der Waals surface area contributed by atoms with Gasteiger partial charge in [0.25, 0.3) is 0 Å². The first-order chi connectivity index (χ1) is 13.3. The van der Waals surface area contributed by atoms with Crippen LogP contribution in [-0.4, -0.2) is 37.1 Å². The first-order valence-electron chi connectivity index (χ1n) is 9.88. The Labute approximate surface area is 161 Å². The molecule has 0 amide bonds. The van der Waals surface area contributed by atoms with Crippen molar-refractivity contribution in [2.45, 2.75) is 31.3 Å². The van der Waals surface area contributed by atoms with E-state index in [0.717, 1.165) is 30.8 Å². The summed E-state index contributed by atoms with van der Waals surface area (Å²) in [6, 6.07) is 19.2. The molecule has 1 saturated heterocycles. The number of nitrogens with one attached hydrogen (secondary N) is 1. The van der Waals surface area contributed by atoms with Crippen molar-refractivity contribution >= 4 is 5.96 Å². The molecule has 0 bridgehead atoms. The first kappa shape index (κ1) is 17.9. The Bertz CT molecular complexity index is 771. The van der Waals surface area contributed by atoms with Crippen molar-refractivity contribution in [3.05, 3.63) is 65.7 Å². The minimum absolute atomic E-state index is 0.153. The number of guanidine groups is 1. The van der Waals surface area contributed by atoms with Gasteiger partial charge in [-0.1, -0.05) is 48.5 Å². The third-order valence-electron chi connectivity index (χ3n) is 5.48. The fraction of sp³-hybridized carbons (Fsp3) is 0.409. The van der Waals surface area contributed by atoms with Crippen molar-refractivity contribution in [1.82, 2.24) is 10.2 Å². The molecular weight excluding hydrogens is 336 g/mol. The summed E-state index contributed by atoms with van der Waals surface area (Å²) in [5, 5.41) is 3.40. The molecule has 0 radical (unpaired) electrons. The maximum atomic E-state index is 6.27. The molecule has 2 aliphatic heterocycles. The molecular formula is C22H28N4O. The molecule has 2 unspecified atom stereocenters. The molecule has 1 fully saturated rings. The maximum absolute atomic E-state index is 6.27. The van der Waals surface area contributed by atoms with E-state index in [9.17, 15) is 0 Å². The Balaban J connectivity index is 1.46. The number of rotatable bonds is 5. The molecule has 2 aliphatic rings. The number of likely N-dealkylation sites (tertiary alicyclic amines) is 1. The SMILES string of the molecule is NC(=NCC(c1ccccc1)N1CCCC1)NC1CCOc2ccccc21. The zero-order chi connectivity index (χ0) is 18.5. The Morgan fingerprint density at radius 1 is 1.11 bits per heavy atom. The molecule has 0 spiro atoms. The number of ether oxygens (including phenoxy) is 1. The highest BCUT2D eigenvalue weighted by Crippen LogP contribution is 2.31. The van der Waals surface area contributed by atoms with E-state index >= 15 is 0 Å². The predicted octanol–water partition coefficient (Wildman–Crippen LogP) is 3.25. The van der Waals surface area contributed by atoms with Crippen LogP contribution in [0.15, 0.2) is 59.6 Å². The number of hydrogen-bond acceptors (Lipinski definition) is 3. The normalized spacial score (nSPS) is 21.3. The fourth-order valence-corrected chi connectivity index (χ4v) is 4.06. The van der Waals surface area contributed by atoms with Crippen molar-refractivity contribution in [2.24, 2.45) is 10.7 Å². The lowest BCUT2D eigenvalue weighted by atomic mass is 10.0. The van der Waals surface area contributed by atoms with Gasteiger partial charge in [0.1, 0.15) is 5.75 Å². The third kappa shape index (κ3) is 4.25. The van der Waals surface area contributed by atoms with Crippen LogP contribution in [0.1, 0.15) is 42.5 Å². The van der Waals surface area contributed by atoms with Gasteiger partial charge in [0.2, 0.25) is 0 Å². The summed E-state index contributed by atoms with van der Waals surface area (Å²) in [6.45, 7) is 3.64. The molecule has 2 heterocycles. The highest BCUT2D eigenvalue weighted by molar-refractivity contribution is 5.78. The van der Waals surface area contributed by atoms with Crippen LogP contribution in [0.25, 0.3) is 0 Å². The van der Waals surface area contributed by atoms with Crippen LogP contribution >= 0.6 is 0 Å². The van der Waals surface area contributed by atoms with Crippen molar-refractivity contribution in [1.29, 1.82) is 0 Å². The van der Waals surface area contributed by atoms with Crippen molar-refractivity contribution in [3.63, 3.8) is 0 Å². The van der Waals surface area contributed by atoms with Gasteiger partial charge in [-0.25, -0.2) is 0 Å². The molecule has 27 heavy (non-hydrogen) atoms. The Morgan fingerprint density at radius 2 is 1.85 bits per heavy atom. The molecule has 5 nitrogen and oxygen atoms in total. The molecule has 2 aromatic carbocycles. The van der Waals surface area contributed by atoms with Crippen molar-refractivity contribution in [2.75, 3.05) is 26.2 Å². The number of nitrogens with zero attached hydrogens (tertiary/aromatic N) is 2. The van der Waals surface area contributed by atoms with Crippen LogP contribution in [0.4, 0.5) is 0 Å². The molecule has 0 aromatic heterocycles. The van der Waals surface area contributed by atoms with Crippen molar-refractivity contribution < 1.29 is 4.74 Å². The van der Waals surface area contributed by atoms with Gasteiger partial charge in [-0.3, -0.25) is 9.89 Å². The van der Waals surface area contributed by atoms with E-state index in [4.69, 9.17) is 15.5 Å². The molecule has 3 N–H and O–H groups in total. The van der Waals surface area contributed by atoms with Crippen LogP contribution in [0.3, 0.4) is 0 Å². The second-order valence-electron chi connectivity index (χ2n) is 7.27. The molecule has 0 aliphatic carbocycles. The fourth-order valence-electron chi connectivity index (χ4n) is 4.06. The first-order valence-corrected chi connectivity index (χ1v) is 9.88. The van der Waals surface area contributed by atoms with E-state index in [2.05, 4.69) is 46.6 Å². The van der Waals surface area contributed by atoms with Gasteiger partial charge in [-0.15, -0.1) is 0 Å². The minimum Gasteiger partial charge on any atom is -0.493 e. The van der Waals surface area contributed by atoms with E-state index in [1.54, 1.807) is 0 Å². The topological polar surface area (TPSA) is 62.9 Å². The minimum atomic E-state index is 0.153. The Morgan fingerprint density at radius 3 is 2.67 bits per heavy atom. The summed E-state index contributed by atoms with van der Waals surface area (Å²) in [5.74, 6) is 1.45. The number of aliphatic imine (C=N–C) groups is 1. The summed E-state index contributed by atoms with van der Waals surface area (Å²) in [4.78, 5) is 7.24. The summed E-state index contributed by atoms with van der Waals surface area (Å²) in [7, 11) is 0. The molecule has 5 heteroatoms. The Hall–Kier alpha value is -2.53. The average molecular weight is 364 g/mol. The van der Waals surface area contributed by atoms with Gasteiger partial charge < -0.3 is 15.8 Å². The Kier molecular flexibility index (Phi) is 5.58. The summed E-state index contributed by atoms with van der Waals surface area (Å²) in [5.41, 5.74) is 8.73. The van der Waals surface area contributed by atoms with Gasteiger partial charge in [0.15, 0.2) is 5.96 Å². The quantitative estimate of drug-likeness (QED) is 0.631. The third-order valence-corrected chi connectivity index (χ3v) is 5.48. The standard InChI is InChI=1S/C22H28N4O/c23-22(25-19-12-15-27-21-11-5-4-10-18(19)21)24-16-20(26-13-6-7-14-26)17-8-2-1-3-9-17/h1-5,8-11,19-20H,6-7,12-16H2,(H3,23,24,25). The van der Waals surface area contributed by atoms with Gasteiger partial charge in [-0.2, -0.15) is 0 Å². The maximum Gasteiger partial charge on any atom is 0.189 e. The van der Waals surface area contributed by atoms with E-state index in [-0.39, 0.29) is 12.1 Å². The number of benzene rings is 2. The highest BCUT2D eigenvalue weighted by atomic mass is 16.5. The number of hydrogen-bond donors (Lipinski definition) is 2. The molecule has 4 rings (SSSR count). The zero-order valence-corrected chi connectivity index (χ0v) is 15.7. The largest absolute Gasteiger partial charge is 0.493 e. The monoisotopic (exact) mass is 364 g/mol. The van der Waals surface area contributed by atoms with Crippen molar-refractivity contribution in [3.8, 4) is 5.75 Å². The average Bonchev–Trinajstić information content (AvgIpc) is 3.24. The summed E-state index contributed by atoms with van der Waals surface area (Å²) in [6.07, 6.45) is 3.42. The van der Waals surface area contributed by atoms with E-state index in [1.807, 2.05) is 18.2 Å². The molecule has 2 atom stereocenters. The molecule has 2 aromatic rings. The van der Waals surface area contributed by atoms with Gasteiger partial charge in [0, 0.05) is 12.0 Å². The number of para-hydroxylation sites is 1. The lowest BCUT2D eigenvalue weighted by Gasteiger charge is -2.28. The second kappa shape index (κ2) is 8.44. The lowest BCUT2D eigenvalue weighted by molar-refractivity contribution is 0.251. The predicted molar refractivity (Wildman–Crippen MR) is 109 cm³/mol. The van der Waals surface area contributed by atoms with Crippen LogP contribution in [-0.2, 0) is 0 Å². The summed E-state index contributed by atoms with van der Waals surface area (Å²) >= 11 is 0. The van der Waals surface area contributed by atoms with E-state index < -0.39 is 0 Å². The van der Waals surface area contributed by atoms with E-state index in [0.29, 0.717) is 19.1 Å². The summed E-state index contributed by atoms with van der Waals surface area (Å²) < 4.78 is 5.73. The van der Waals surface area contributed by atoms with Crippen LogP contribution in [0.2, 0.25) is 0 Å². The van der Waals surface area contributed by atoms with Crippen LogP contribution < -0.4 is 15.8 Å². The highest BCUT2D eigenvalue weighted by Gasteiger charge is 2.24. The van der Waals surface area contributed by atoms with Crippen LogP contribution in [0, 0.1) is 0 Å². The smallest absolute Gasteiger partial charge is 0.189 e. The number of fused-ring (bicyclic) bond motifs is 1. The van der Waals surface area contributed by atoms with Crippen LogP contribution in [0.5, 0.6) is 5.75 Å². The lowest BCUT2D eigenvalue weighted by Crippen LogP contribution is -2.38. The van der Waals surface area contributed by atoms with E-state index in [1.165, 1.54) is 18.4 Å². The van der Waals surface area contributed by atoms with Gasteiger partial charge in [0.05, 0.1) is 25.2 Å². The molecule has 142 valence electrons. The van der Waals surface area contributed by atoms with Gasteiger partial charge >= 0.3 is 0 Å². The molecule has 0 saturated carbocycles. The number of nitrogens with two attached hydrogens (primary N) is 1.